The lowest BCUT2D eigenvalue weighted by Crippen LogP contribution is -2.29. The molecule has 1 heterocycles. The number of carbonyl (C=O) groups excluding carboxylic acids is 1. The average Bonchev–Trinajstić information content (AvgIpc) is 2.66. The molecule has 1 aromatic heterocycles. The van der Waals surface area contributed by atoms with E-state index in [9.17, 15) is 4.79 Å². The summed E-state index contributed by atoms with van der Waals surface area (Å²) in [5.41, 5.74) is 0. The van der Waals surface area contributed by atoms with Gasteiger partial charge in [-0.25, -0.2) is 0 Å². The van der Waals surface area contributed by atoms with Crippen molar-refractivity contribution in [2.45, 2.75) is 13.5 Å². The molecule has 0 saturated heterocycles. The van der Waals surface area contributed by atoms with Crippen molar-refractivity contribution in [3.05, 3.63) is 22.4 Å². The van der Waals surface area contributed by atoms with Crippen LogP contribution in [0.25, 0.3) is 0 Å². The Morgan fingerprint density at radius 3 is 3.00 bits per heavy atom. The lowest BCUT2D eigenvalue weighted by atomic mass is 10.4. The number of carbonyl (C=O) groups is 1. The molecule has 1 aromatic rings. The summed E-state index contributed by atoms with van der Waals surface area (Å²) in [6, 6.07) is 4.01. The van der Waals surface area contributed by atoms with Gasteiger partial charge < -0.3 is 9.64 Å². The summed E-state index contributed by atoms with van der Waals surface area (Å²) in [5, 5.41) is 2.01. The molecule has 0 bridgehead atoms. The zero-order chi connectivity index (χ0) is 10.4. The van der Waals surface area contributed by atoms with Crippen LogP contribution >= 0.6 is 11.3 Å². The predicted molar refractivity (Wildman–Crippen MR) is 57.3 cm³/mol. The fraction of sp³-hybridized carbons (Fsp3) is 0.500. The van der Waals surface area contributed by atoms with E-state index in [1.807, 2.05) is 24.4 Å². The highest BCUT2D eigenvalue weighted by Crippen LogP contribution is 2.10. The van der Waals surface area contributed by atoms with Gasteiger partial charge in [-0.15, -0.1) is 11.3 Å². The number of likely N-dealkylation sites (N-methyl/N-ethyl adjacent to an activating group) is 1. The first-order valence-electron chi connectivity index (χ1n) is 4.58. The van der Waals surface area contributed by atoms with E-state index in [1.54, 1.807) is 23.3 Å². The van der Waals surface area contributed by atoms with Crippen molar-refractivity contribution >= 4 is 17.2 Å². The summed E-state index contributed by atoms with van der Waals surface area (Å²) in [7, 11) is 1.79. The molecule has 0 aliphatic rings. The van der Waals surface area contributed by atoms with Crippen molar-refractivity contribution < 1.29 is 9.53 Å². The molecule has 0 fully saturated rings. The highest BCUT2D eigenvalue weighted by Gasteiger charge is 2.08. The SMILES string of the molecule is CCOCC(=O)N(C)Cc1cccs1. The molecule has 0 atom stereocenters. The van der Waals surface area contributed by atoms with Crippen molar-refractivity contribution in [2.24, 2.45) is 0 Å². The molecule has 0 aliphatic heterocycles. The lowest BCUT2D eigenvalue weighted by molar-refractivity contribution is -0.135. The topological polar surface area (TPSA) is 29.5 Å². The molecule has 1 amide bonds. The quantitative estimate of drug-likeness (QED) is 0.745. The Morgan fingerprint density at radius 1 is 1.64 bits per heavy atom. The van der Waals surface area contributed by atoms with E-state index in [-0.39, 0.29) is 12.5 Å². The number of hydrogen-bond acceptors (Lipinski definition) is 3. The van der Waals surface area contributed by atoms with Gasteiger partial charge in [0.25, 0.3) is 0 Å². The zero-order valence-electron chi connectivity index (χ0n) is 8.53. The highest BCUT2D eigenvalue weighted by atomic mass is 32.1. The van der Waals surface area contributed by atoms with Gasteiger partial charge in [-0.05, 0) is 18.4 Å². The fourth-order valence-corrected chi connectivity index (χ4v) is 1.78. The first-order valence-corrected chi connectivity index (χ1v) is 5.46. The molecule has 0 saturated carbocycles. The molecule has 14 heavy (non-hydrogen) atoms. The minimum atomic E-state index is 0.0280. The molecule has 0 unspecified atom stereocenters. The van der Waals surface area contributed by atoms with Gasteiger partial charge in [0, 0.05) is 18.5 Å². The zero-order valence-corrected chi connectivity index (χ0v) is 9.34. The molecule has 1 rings (SSSR count). The van der Waals surface area contributed by atoms with Crippen LogP contribution in [0.15, 0.2) is 17.5 Å². The van der Waals surface area contributed by atoms with E-state index in [2.05, 4.69) is 0 Å². The van der Waals surface area contributed by atoms with E-state index >= 15 is 0 Å². The van der Waals surface area contributed by atoms with Gasteiger partial charge in [0.1, 0.15) is 6.61 Å². The third-order valence-electron chi connectivity index (χ3n) is 1.83. The average molecular weight is 213 g/mol. The molecular weight excluding hydrogens is 198 g/mol. The summed E-state index contributed by atoms with van der Waals surface area (Å²) in [4.78, 5) is 14.3. The second-order valence-electron chi connectivity index (χ2n) is 2.97. The molecule has 0 aromatic carbocycles. The van der Waals surface area contributed by atoms with Gasteiger partial charge in [0.15, 0.2) is 0 Å². The Hall–Kier alpha value is -0.870. The minimum Gasteiger partial charge on any atom is -0.372 e. The first kappa shape index (κ1) is 11.2. The Morgan fingerprint density at radius 2 is 2.43 bits per heavy atom. The predicted octanol–water partition coefficient (Wildman–Crippen LogP) is 1.74. The van der Waals surface area contributed by atoms with E-state index in [0.717, 1.165) is 0 Å². The smallest absolute Gasteiger partial charge is 0.248 e. The summed E-state index contributed by atoms with van der Waals surface area (Å²) in [6.07, 6.45) is 0. The molecule has 0 radical (unpaired) electrons. The van der Waals surface area contributed by atoms with Gasteiger partial charge in [-0.2, -0.15) is 0 Å². The molecule has 78 valence electrons. The molecule has 0 spiro atoms. The van der Waals surface area contributed by atoms with Crippen LogP contribution in [0.3, 0.4) is 0 Å². The number of amides is 1. The molecule has 3 nitrogen and oxygen atoms in total. The number of rotatable bonds is 5. The normalized spacial score (nSPS) is 10.1. The van der Waals surface area contributed by atoms with Crippen molar-refractivity contribution in [1.29, 1.82) is 0 Å². The minimum absolute atomic E-state index is 0.0280. The van der Waals surface area contributed by atoms with Crippen molar-refractivity contribution in [3.8, 4) is 0 Å². The van der Waals surface area contributed by atoms with Gasteiger partial charge >= 0.3 is 0 Å². The fourth-order valence-electron chi connectivity index (χ4n) is 1.02. The van der Waals surface area contributed by atoms with Gasteiger partial charge in [-0.1, -0.05) is 6.07 Å². The molecule has 4 heteroatoms. The second kappa shape index (κ2) is 5.78. The number of thiophene rings is 1. The maximum absolute atomic E-state index is 11.4. The monoisotopic (exact) mass is 213 g/mol. The third-order valence-corrected chi connectivity index (χ3v) is 2.69. The van der Waals surface area contributed by atoms with Crippen LogP contribution < -0.4 is 0 Å². The van der Waals surface area contributed by atoms with Crippen LogP contribution in [0.5, 0.6) is 0 Å². The van der Waals surface area contributed by atoms with E-state index in [1.165, 1.54) is 4.88 Å². The number of nitrogens with zero attached hydrogens (tertiary/aromatic N) is 1. The summed E-state index contributed by atoms with van der Waals surface area (Å²) >= 11 is 1.66. The largest absolute Gasteiger partial charge is 0.372 e. The van der Waals surface area contributed by atoms with Gasteiger partial charge in [0.05, 0.1) is 6.54 Å². The van der Waals surface area contributed by atoms with Crippen molar-refractivity contribution in [2.75, 3.05) is 20.3 Å². The summed E-state index contributed by atoms with van der Waals surface area (Å²) in [6.45, 7) is 3.31. The van der Waals surface area contributed by atoms with Crippen molar-refractivity contribution in [3.63, 3.8) is 0 Å². The van der Waals surface area contributed by atoms with Crippen LogP contribution in [-0.4, -0.2) is 31.1 Å². The van der Waals surface area contributed by atoms with Crippen LogP contribution in [0.1, 0.15) is 11.8 Å². The lowest BCUT2D eigenvalue weighted by Gasteiger charge is -2.15. The van der Waals surface area contributed by atoms with E-state index in [4.69, 9.17) is 4.74 Å². The maximum Gasteiger partial charge on any atom is 0.248 e. The standard InChI is InChI=1S/C10H15NO2S/c1-3-13-8-10(12)11(2)7-9-5-4-6-14-9/h4-6H,3,7-8H2,1-2H3. The first-order chi connectivity index (χ1) is 6.74. The Balaban J connectivity index is 2.34. The second-order valence-corrected chi connectivity index (χ2v) is 4.00. The van der Waals surface area contributed by atoms with E-state index < -0.39 is 0 Å². The van der Waals surface area contributed by atoms with Crippen LogP contribution in [0.4, 0.5) is 0 Å². The van der Waals surface area contributed by atoms with Crippen LogP contribution in [-0.2, 0) is 16.1 Å². The Bertz CT molecular complexity index is 272. The van der Waals surface area contributed by atoms with E-state index in [0.29, 0.717) is 13.2 Å². The van der Waals surface area contributed by atoms with Gasteiger partial charge in [-0.3, -0.25) is 4.79 Å². The van der Waals surface area contributed by atoms with Crippen LogP contribution in [0.2, 0.25) is 0 Å². The molecule has 0 N–H and O–H groups in total. The summed E-state index contributed by atoms with van der Waals surface area (Å²) < 4.78 is 5.05. The highest BCUT2D eigenvalue weighted by molar-refractivity contribution is 7.09. The van der Waals surface area contributed by atoms with Crippen molar-refractivity contribution in [1.82, 2.24) is 4.90 Å². The third kappa shape index (κ3) is 3.47. The number of ether oxygens (including phenoxy) is 1. The summed E-state index contributed by atoms with van der Waals surface area (Å²) in [5.74, 6) is 0.0280. The molecule has 0 aliphatic carbocycles. The Labute approximate surface area is 88.3 Å². The maximum atomic E-state index is 11.4. The Kier molecular flexibility index (Phi) is 4.62. The number of hydrogen-bond donors (Lipinski definition) is 0. The van der Waals surface area contributed by atoms with Gasteiger partial charge in [0.2, 0.25) is 5.91 Å². The molecular formula is C10H15NO2S. The van der Waals surface area contributed by atoms with Crippen LogP contribution in [0, 0.1) is 0 Å².